The van der Waals surface area contributed by atoms with Gasteiger partial charge >= 0.3 is 0 Å². The SMILES string of the molecule is CC(Cc1nnc(SC[Si](C)(C)C)o1)c1ccccc1. The van der Waals surface area contributed by atoms with Gasteiger partial charge in [-0.25, -0.2) is 0 Å². The molecule has 1 aromatic carbocycles. The molecule has 0 saturated carbocycles. The van der Waals surface area contributed by atoms with Gasteiger partial charge in [0.25, 0.3) is 5.22 Å². The molecule has 1 aromatic heterocycles. The van der Waals surface area contributed by atoms with Crippen LogP contribution in [0.1, 0.15) is 24.3 Å². The lowest BCUT2D eigenvalue weighted by Gasteiger charge is -2.12. The van der Waals surface area contributed by atoms with Crippen molar-refractivity contribution in [2.75, 3.05) is 5.38 Å². The Kier molecular flexibility index (Phi) is 5.04. The number of benzene rings is 1. The second-order valence-electron chi connectivity index (χ2n) is 6.33. The highest BCUT2D eigenvalue weighted by Crippen LogP contribution is 2.24. The summed E-state index contributed by atoms with van der Waals surface area (Å²) >= 11 is 1.69. The summed E-state index contributed by atoms with van der Waals surface area (Å²) in [5.74, 6) is 1.13. The van der Waals surface area contributed by atoms with E-state index in [1.54, 1.807) is 11.8 Å². The molecule has 2 rings (SSSR count). The van der Waals surface area contributed by atoms with Crippen LogP contribution in [0.25, 0.3) is 0 Å². The second kappa shape index (κ2) is 6.59. The van der Waals surface area contributed by atoms with Crippen molar-refractivity contribution in [2.45, 2.75) is 44.1 Å². The zero-order valence-corrected chi connectivity index (χ0v) is 14.4. The Morgan fingerprint density at radius 1 is 1.15 bits per heavy atom. The molecular weight excluding hydrogens is 284 g/mol. The third-order valence-electron chi connectivity index (χ3n) is 2.93. The monoisotopic (exact) mass is 306 g/mol. The van der Waals surface area contributed by atoms with Crippen LogP contribution in [0.2, 0.25) is 19.6 Å². The number of aromatic nitrogens is 2. The van der Waals surface area contributed by atoms with Crippen LogP contribution in [-0.4, -0.2) is 23.6 Å². The van der Waals surface area contributed by atoms with Gasteiger partial charge in [0.1, 0.15) is 0 Å². The normalized spacial score (nSPS) is 13.4. The van der Waals surface area contributed by atoms with Gasteiger partial charge in [-0.05, 0) is 16.9 Å². The molecule has 0 aliphatic heterocycles. The van der Waals surface area contributed by atoms with Crippen LogP contribution in [0, 0.1) is 0 Å². The average molecular weight is 307 g/mol. The van der Waals surface area contributed by atoms with E-state index in [0.717, 1.165) is 17.7 Å². The highest BCUT2D eigenvalue weighted by atomic mass is 32.2. The molecule has 1 unspecified atom stereocenters. The van der Waals surface area contributed by atoms with Gasteiger partial charge in [-0.3, -0.25) is 0 Å². The number of rotatable bonds is 6. The van der Waals surface area contributed by atoms with Crippen molar-refractivity contribution in [3.63, 3.8) is 0 Å². The second-order valence-corrected chi connectivity index (χ2v) is 13.2. The highest BCUT2D eigenvalue weighted by molar-refractivity contribution is 8.00. The first-order valence-corrected chi connectivity index (χ1v) is 11.6. The summed E-state index contributed by atoms with van der Waals surface area (Å²) in [6.07, 6.45) is 0.796. The van der Waals surface area contributed by atoms with E-state index in [1.807, 2.05) is 6.07 Å². The molecule has 0 fully saturated rings. The first kappa shape index (κ1) is 15.3. The highest BCUT2D eigenvalue weighted by Gasteiger charge is 2.17. The fraction of sp³-hybridized carbons (Fsp3) is 0.467. The van der Waals surface area contributed by atoms with Crippen LogP contribution in [0.5, 0.6) is 0 Å². The molecule has 5 heteroatoms. The Morgan fingerprint density at radius 2 is 1.85 bits per heavy atom. The Bertz CT molecular complexity index is 536. The standard InChI is InChI=1S/C15H22N2OSSi/c1-12(13-8-6-5-7-9-13)10-14-16-17-15(18-14)19-11-20(2,3)4/h5-9,12H,10-11H2,1-4H3. The number of hydrogen-bond donors (Lipinski definition) is 0. The molecule has 0 radical (unpaired) electrons. The van der Waals surface area contributed by atoms with Crippen molar-refractivity contribution in [3.8, 4) is 0 Å². The Labute approximate surface area is 126 Å². The number of nitrogens with zero attached hydrogens (tertiary/aromatic N) is 2. The van der Waals surface area contributed by atoms with Crippen molar-refractivity contribution in [1.82, 2.24) is 10.2 Å². The molecule has 1 heterocycles. The van der Waals surface area contributed by atoms with E-state index in [4.69, 9.17) is 4.42 Å². The number of hydrogen-bond acceptors (Lipinski definition) is 4. The maximum Gasteiger partial charge on any atom is 0.276 e. The van der Waals surface area contributed by atoms with Gasteiger partial charge in [0.2, 0.25) is 5.89 Å². The zero-order chi connectivity index (χ0) is 14.6. The van der Waals surface area contributed by atoms with Crippen molar-refractivity contribution < 1.29 is 4.42 Å². The van der Waals surface area contributed by atoms with Crippen LogP contribution in [-0.2, 0) is 6.42 Å². The van der Waals surface area contributed by atoms with Crippen LogP contribution in [0.3, 0.4) is 0 Å². The van der Waals surface area contributed by atoms with E-state index in [-0.39, 0.29) is 0 Å². The quantitative estimate of drug-likeness (QED) is 0.586. The van der Waals surface area contributed by atoms with Crippen LogP contribution >= 0.6 is 11.8 Å². The van der Waals surface area contributed by atoms with Gasteiger partial charge in [-0.1, -0.05) is 68.7 Å². The fourth-order valence-electron chi connectivity index (χ4n) is 1.82. The molecule has 2 aromatic rings. The summed E-state index contributed by atoms with van der Waals surface area (Å²) in [6.45, 7) is 9.21. The molecule has 0 bridgehead atoms. The lowest BCUT2D eigenvalue weighted by Crippen LogP contribution is -2.23. The van der Waals surface area contributed by atoms with Gasteiger partial charge in [0.05, 0.1) is 8.07 Å². The summed E-state index contributed by atoms with van der Waals surface area (Å²) in [5, 5.41) is 10.1. The largest absolute Gasteiger partial charge is 0.416 e. The Hall–Kier alpha value is -1.07. The topological polar surface area (TPSA) is 38.9 Å². The van der Waals surface area contributed by atoms with Gasteiger partial charge in [0.15, 0.2) is 0 Å². The first-order valence-electron chi connectivity index (χ1n) is 6.94. The van der Waals surface area contributed by atoms with E-state index >= 15 is 0 Å². The molecule has 0 N–H and O–H groups in total. The van der Waals surface area contributed by atoms with Crippen LogP contribution in [0.15, 0.2) is 40.0 Å². The zero-order valence-electron chi connectivity index (χ0n) is 12.6. The molecule has 0 saturated heterocycles. The molecule has 1 atom stereocenters. The van der Waals surface area contributed by atoms with E-state index in [9.17, 15) is 0 Å². The molecule has 3 nitrogen and oxygen atoms in total. The average Bonchev–Trinajstić information content (AvgIpc) is 2.84. The molecule has 0 aliphatic rings. The predicted octanol–water partition coefficient (Wildman–Crippen LogP) is 4.39. The van der Waals surface area contributed by atoms with Crippen LogP contribution < -0.4 is 0 Å². The summed E-state index contributed by atoms with van der Waals surface area (Å²) in [5.41, 5.74) is 1.31. The summed E-state index contributed by atoms with van der Waals surface area (Å²) in [6, 6.07) is 10.4. The van der Waals surface area contributed by atoms with E-state index in [1.165, 1.54) is 5.56 Å². The van der Waals surface area contributed by atoms with Crippen LogP contribution in [0.4, 0.5) is 0 Å². The van der Waals surface area contributed by atoms with Gasteiger partial charge in [-0.2, -0.15) is 0 Å². The summed E-state index contributed by atoms with van der Waals surface area (Å²) < 4.78 is 5.73. The van der Waals surface area contributed by atoms with Gasteiger partial charge < -0.3 is 4.42 Å². The van der Waals surface area contributed by atoms with E-state index < -0.39 is 8.07 Å². The molecule has 0 amide bonds. The minimum atomic E-state index is -1.08. The van der Waals surface area contributed by atoms with Crippen molar-refractivity contribution in [2.24, 2.45) is 0 Å². The van der Waals surface area contributed by atoms with Crippen molar-refractivity contribution in [3.05, 3.63) is 41.8 Å². The maximum absolute atomic E-state index is 5.73. The lowest BCUT2D eigenvalue weighted by atomic mass is 9.98. The van der Waals surface area contributed by atoms with Crippen molar-refractivity contribution in [1.29, 1.82) is 0 Å². The Balaban J connectivity index is 1.93. The molecular formula is C15H22N2OSSi. The molecule has 0 aliphatic carbocycles. The molecule has 108 valence electrons. The third kappa shape index (κ3) is 4.79. The van der Waals surface area contributed by atoms with Crippen molar-refractivity contribution >= 4 is 19.8 Å². The third-order valence-corrected chi connectivity index (χ3v) is 7.38. The molecule has 20 heavy (non-hydrogen) atoms. The van der Waals surface area contributed by atoms with E-state index in [0.29, 0.717) is 11.1 Å². The molecule has 0 spiro atoms. The lowest BCUT2D eigenvalue weighted by molar-refractivity contribution is 0.405. The number of thioether (sulfide) groups is 1. The minimum absolute atomic E-state index is 0.395. The predicted molar refractivity (Wildman–Crippen MR) is 86.9 cm³/mol. The Morgan fingerprint density at radius 3 is 2.50 bits per heavy atom. The van der Waals surface area contributed by atoms with Gasteiger partial charge in [-0.15, -0.1) is 10.2 Å². The smallest absolute Gasteiger partial charge is 0.276 e. The summed E-state index contributed by atoms with van der Waals surface area (Å²) in [7, 11) is -1.08. The fourth-order valence-corrected chi connectivity index (χ4v) is 4.30. The summed E-state index contributed by atoms with van der Waals surface area (Å²) in [4.78, 5) is 0. The van der Waals surface area contributed by atoms with Gasteiger partial charge in [0, 0.05) is 6.42 Å². The first-order chi connectivity index (χ1) is 9.44. The van der Waals surface area contributed by atoms with E-state index in [2.05, 4.69) is 61.0 Å². The minimum Gasteiger partial charge on any atom is -0.416 e. The maximum atomic E-state index is 5.73.